The molecule has 0 aromatic carbocycles. The predicted octanol–water partition coefficient (Wildman–Crippen LogP) is 1.25. The number of carbonyl (C=O) groups is 1. The average Bonchev–Trinajstić information content (AvgIpc) is 2.07. The fourth-order valence-electron chi connectivity index (χ4n) is 1.85. The van der Waals surface area contributed by atoms with Crippen LogP contribution in [-0.4, -0.2) is 36.6 Å². The van der Waals surface area contributed by atoms with Crippen molar-refractivity contribution in [3.05, 3.63) is 0 Å². The summed E-state index contributed by atoms with van der Waals surface area (Å²) in [6, 6.07) is 0.450. The molecule has 0 unspecified atom stereocenters. The summed E-state index contributed by atoms with van der Waals surface area (Å²) in [6.45, 7) is 0. The molecule has 12 heavy (non-hydrogen) atoms. The Bertz CT molecular complexity index is 141. The third-order valence-electron chi connectivity index (χ3n) is 2.52. The molecule has 1 fully saturated rings. The van der Waals surface area contributed by atoms with E-state index < -0.39 is 0 Å². The number of hydrazine groups is 1. The normalized spacial score (nSPS) is 19.6. The summed E-state index contributed by atoms with van der Waals surface area (Å²) in [5.41, 5.74) is 0. The highest BCUT2D eigenvalue weighted by atomic mass is 16.1. The first-order valence-corrected chi connectivity index (χ1v) is 4.66. The highest BCUT2D eigenvalue weighted by Gasteiger charge is 2.20. The molecule has 0 aromatic rings. The largest absolute Gasteiger partial charge is 0.277 e. The molecule has 0 aliphatic heterocycles. The molecule has 1 aliphatic rings. The lowest BCUT2D eigenvalue weighted by atomic mass is 9.95. The molecule has 3 heteroatoms. The second-order valence-corrected chi connectivity index (χ2v) is 3.62. The van der Waals surface area contributed by atoms with Crippen LogP contribution in [0.2, 0.25) is 0 Å². The van der Waals surface area contributed by atoms with Crippen molar-refractivity contribution >= 4 is 6.41 Å². The van der Waals surface area contributed by atoms with Crippen LogP contribution in [0.1, 0.15) is 32.1 Å². The molecule has 0 saturated heterocycles. The lowest BCUT2D eigenvalue weighted by Crippen LogP contribution is -2.44. The molecule has 1 saturated carbocycles. The second-order valence-electron chi connectivity index (χ2n) is 3.62. The Kier molecular flexibility index (Phi) is 3.53. The first-order valence-electron chi connectivity index (χ1n) is 4.66. The molecule has 1 amide bonds. The summed E-state index contributed by atoms with van der Waals surface area (Å²) in [5.74, 6) is 0. The molecular formula is C9H18N2O. The summed E-state index contributed by atoms with van der Waals surface area (Å²) < 4.78 is 0. The van der Waals surface area contributed by atoms with Gasteiger partial charge in [0.25, 0.3) is 0 Å². The Balaban J connectivity index is 2.45. The third kappa shape index (κ3) is 2.21. The zero-order valence-corrected chi connectivity index (χ0v) is 7.99. The highest BCUT2D eigenvalue weighted by Crippen LogP contribution is 2.21. The number of rotatable bonds is 3. The molecule has 1 rings (SSSR count). The lowest BCUT2D eigenvalue weighted by molar-refractivity contribution is -0.136. The van der Waals surface area contributed by atoms with Gasteiger partial charge in [-0.2, -0.15) is 0 Å². The van der Waals surface area contributed by atoms with E-state index in [2.05, 4.69) is 0 Å². The first kappa shape index (κ1) is 9.52. The van der Waals surface area contributed by atoms with Crippen molar-refractivity contribution in [3.8, 4) is 0 Å². The Hall–Kier alpha value is -0.570. The van der Waals surface area contributed by atoms with Crippen LogP contribution in [0.5, 0.6) is 0 Å². The van der Waals surface area contributed by atoms with E-state index in [9.17, 15) is 4.79 Å². The quantitative estimate of drug-likeness (QED) is 0.470. The van der Waals surface area contributed by atoms with Crippen molar-refractivity contribution < 1.29 is 4.79 Å². The maximum Gasteiger partial charge on any atom is 0.224 e. The van der Waals surface area contributed by atoms with Crippen molar-refractivity contribution in [3.63, 3.8) is 0 Å². The van der Waals surface area contributed by atoms with Gasteiger partial charge >= 0.3 is 0 Å². The average molecular weight is 170 g/mol. The van der Waals surface area contributed by atoms with Crippen LogP contribution in [0.3, 0.4) is 0 Å². The van der Waals surface area contributed by atoms with Crippen molar-refractivity contribution in [1.82, 2.24) is 10.0 Å². The molecule has 0 N–H and O–H groups in total. The van der Waals surface area contributed by atoms with Gasteiger partial charge in [0.2, 0.25) is 6.41 Å². The Labute approximate surface area is 74.3 Å². The molecular weight excluding hydrogens is 152 g/mol. The highest BCUT2D eigenvalue weighted by molar-refractivity contribution is 5.46. The van der Waals surface area contributed by atoms with Crippen LogP contribution in [0, 0.1) is 0 Å². The van der Waals surface area contributed by atoms with E-state index in [-0.39, 0.29) is 0 Å². The fraction of sp³-hybridized carbons (Fsp3) is 0.889. The minimum absolute atomic E-state index is 0.450. The van der Waals surface area contributed by atoms with Crippen LogP contribution in [0.25, 0.3) is 0 Å². The molecule has 0 radical (unpaired) electrons. The molecule has 0 heterocycles. The minimum Gasteiger partial charge on any atom is -0.277 e. The van der Waals surface area contributed by atoms with Crippen molar-refractivity contribution in [2.75, 3.05) is 14.1 Å². The van der Waals surface area contributed by atoms with E-state index in [1.165, 1.54) is 19.3 Å². The molecule has 1 aliphatic carbocycles. The topological polar surface area (TPSA) is 23.6 Å². The summed E-state index contributed by atoms with van der Waals surface area (Å²) in [7, 11) is 3.84. The van der Waals surface area contributed by atoms with Crippen molar-refractivity contribution in [2.45, 2.75) is 38.1 Å². The number of carbonyl (C=O) groups excluding carboxylic acids is 1. The van der Waals surface area contributed by atoms with E-state index in [0.717, 1.165) is 19.3 Å². The molecule has 0 bridgehead atoms. The van der Waals surface area contributed by atoms with E-state index >= 15 is 0 Å². The SMILES string of the molecule is CN(C)N(C=O)C1CCCCC1. The van der Waals surface area contributed by atoms with Crippen molar-refractivity contribution in [1.29, 1.82) is 0 Å². The fourth-order valence-corrected chi connectivity index (χ4v) is 1.85. The van der Waals surface area contributed by atoms with Crippen molar-refractivity contribution in [2.24, 2.45) is 0 Å². The van der Waals surface area contributed by atoms with E-state index in [4.69, 9.17) is 0 Å². The van der Waals surface area contributed by atoms with E-state index in [0.29, 0.717) is 6.04 Å². The summed E-state index contributed by atoms with van der Waals surface area (Å²) in [5, 5.41) is 3.68. The lowest BCUT2D eigenvalue weighted by Gasteiger charge is -2.35. The summed E-state index contributed by atoms with van der Waals surface area (Å²) in [6.07, 6.45) is 7.13. The third-order valence-corrected chi connectivity index (χ3v) is 2.52. The predicted molar refractivity (Wildman–Crippen MR) is 48.5 cm³/mol. The van der Waals surface area contributed by atoms with Gasteiger partial charge in [-0.25, -0.2) is 5.01 Å². The number of amides is 1. The van der Waals surface area contributed by atoms with Gasteiger partial charge in [0.1, 0.15) is 0 Å². The van der Waals surface area contributed by atoms with E-state index in [1.54, 1.807) is 5.01 Å². The van der Waals surface area contributed by atoms with Crippen LogP contribution >= 0.6 is 0 Å². The number of hydrogen-bond donors (Lipinski definition) is 0. The monoisotopic (exact) mass is 170 g/mol. The van der Waals surface area contributed by atoms with Crippen LogP contribution in [0.15, 0.2) is 0 Å². The number of nitrogens with zero attached hydrogens (tertiary/aromatic N) is 2. The van der Waals surface area contributed by atoms with Gasteiger partial charge in [0, 0.05) is 20.1 Å². The Morgan fingerprint density at radius 1 is 1.17 bits per heavy atom. The summed E-state index contributed by atoms with van der Waals surface area (Å²) in [4.78, 5) is 10.7. The first-order chi connectivity index (χ1) is 5.75. The zero-order chi connectivity index (χ0) is 8.97. The second kappa shape index (κ2) is 4.45. The van der Waals surface area contributed by atoms with Gasteiger partial charge in [-0.15, -0.1) is 0 Å². The standard InChI is InChI=1S/C9H18N2O/c1-10(2)11(8-12)9-6-4-3-5-7-9/h8-9H,3-7H2,1-2H3. The molecule has 0 atom stereocenters. The van der Waals surface area contributed by atoms with Gasteiger partial charge in [-0.1, -0.05) is 19.3 Å². The Morgan fingerprint density at radius 3 is 2.17 bits per heavy atom. The van der Waals surface area contributed by atoms with Gasteiger partial charge in [0.15, 0.2) is 0 Å². The molecule has 0 spiro atoms. The van der Waals surface area contributed by atoms with Gasteiger partial charge < -0.3 is 0 Å². The van der Waals surface area contributed by atoms with E-state index in [1.807, 2.05) is 19.1 Å². The van der Waals surface area contributed by atoms with Gasteiger partial charge in [-0.05, 0) is 12.8 Å². The molecule has 70 valence electrons. The van der Waals surface area contributed by atoms with Crippen LogP contribution in [0.4, 0.5) is 0 Å². The molecule has 0 aromatic heterocycles. The van der Waals surface area contributed by atoms with Crippen LogP contribution in [-0.2, 0) is 4.79 Å². The van der Waals surface area contributed by atoms with Gasteiger partial charge in [0.05, 0.1) is 0 Å². The summed E-state index contributed by atoms with van der Waals surface area (Å²) >= 11 is 0. The van der Waals surface area contributed by atoms with Crippen LogP contribution < -0.4 is 0 Å². The zero-order valence-electron chi connectivity index (χ0n) is 7.99. The maximum atomic E-state index is 10.7. The minimum atomic E-state index is 0.450. The molecule has 3 nitrogen and oxygen atoms in total. The smallest absolute Gasteiger partial charge is 0.224 e. The van der Waals surface area contributed by atoms with Gasteiger partial charge in [-0.3, -0.25) is 9.80 Å². The maximum absolute atomic E-state index is 10.7. The number of hydrogen-bond acceptors (Lipinski definition) is 2. The Morgan fingerprint density at radius 2 is 1.75 bits per heavy atom.